The number of aliphatic carboxylic acids is 1. The minimum Gasteiger partial charge on any atom is -0.496 e. The quantitative estimate of drug-likeness (QED) is 0.268. The Bertz CT molecular complexity index is 1570. The van der Waals surface area contributed by atoms with Crippen LogP contribution >= 0.6 is 11.6 Å². The van der Waals surface area contributed by atoms with Crippen molar-refractivity contribution in [3.05, 3.63) is 75.1 Å². The largest absolute Gasteiger partial charge is 0.496 e. The molecule has 3 heterocycles. The number of benzene rings is 2. The molecule has 45 heavy (non-hydrogen) atoms. The number of piperidine rings is 1. The zero-order valence-corrected chi connectivity index (χ0v) is 28.8. The Hall–Kier alpha value is -3.13. The summed E-state index contributed by atoms with van der Waals surface area (Å²) in [5, 5.41) is 11.2. The third-order valence-corrected chi connectivity index (χ3v) is 9.59. The van der Waals surface area contributed by atoms with Crippen LogP contribution in [0, 0.1) is 19.3 Å². The fourth-order valence-corrected chi connectivity index (χ4v) is 6.99. The molecule has 1 aromatic heterocycles. The monoisotopic (exact) mass is 633 g/mol. The molecule has 0 bridgehead atoms. The van der Waals surface area contributed by atoms with Crippen LogP contribution in [0.5, 0.6) is 5.75 Å². The maximum Gasteiger partial charge on any atom is 0.337 e. The lowest BCUT2D eigenvalue weighted by Gasteiger charge is -2.41. The van der Waals surface area contributed by atoms with Crippen molar-refractivity contribution in [2.75, 3.05) is 31.6 Å². The molecule has 0 radical (unpaired) electrons. The van der Waals surface area contributed by atoms with Gasteiger partial charge in [0.05, 0.1) is 18.4 Å². The first-order valence-corrected chi connectivity index (χ1v) is 16.4. The number of pyridine rings is 1. The summed E-state index contributed by atoms with van der Waals surface area (Å²) >= 11 is 6.56. The highest BCUT2D eigenvalue weighted by atomic mass is 35.5. The van der Waals surface area contributed by atoms with Crippen LogP contribution in [-0.4, -0.2) is 53.3 Å². The highest BCUT2D eigenvalue weighted by Crippen LogP contribution is 2.45. The standard InChI is InChI=1S/C37H48ClN3O4/c1-23-31(26-12-13-27-21-40(17-14-25(27)20-26)22-28-29(38)10-9-11-30(28)44-8)33(41-18-15-37(6,7)16-19-41)32(24(2)39-23)34(35(42)43)45-36(3,4)5/h9-13,20,34H,14-19,21-22H2,1-8H3,(H,42,43). The molecule has 1 N–H and O–H groups in total. The Kier molecular flexibility index (Phi) is 9.55. The maximum absolute atomic E-state index is 12.8. The molecule has 2 aromatic carbocycles. The lowest BCUT2D eigenvalue weighted by atomic mass is 9.81. The molecule has 3 aromatic rings. The third-order valence-electron chi connectivity index (χ3n) is 9.23. The van der Waals surface area contributed by atoms with Crippen LogP contribution in [-0.2, 0) is 29.0 Å². The van der Waals surface area contributed by atoms with E-state index in [4.69, 9.17) is 26.1 Å². The minimum absolute atomic E-state index is 0.244. The summed E-state index contributed by atoms with van der Waals surface area (Å²) in [6.45, 7) is 18.4. The Morgan fingerprint density at radius 1 is 1.07 bits per heavy atom. The van der Waals surface area contributed by atoms with Crippen molar-refractivity contribution in [2.24, 2.45) is 5.41 Å². The van der Waals surface area contributed by atoms with Gasteiger partial charge in [0.15, 0.2) is 6.10 Å². The minimum atomic E-state index is -1.13. The summed E-state index contributed by atoms with van der Waals surface area (Å²) in [5.74, 6) is -0.186. The van der Waals surface area contributed by atoms with E-state index in [0.29, 0.717) is 17.8 Å². The zero-order valence-electron chi connectivity index (χ0n) is 28.1. The van der Waals surface area contributed by atoms with E-state index in [-0.39, 0.29) is 5.41 Å². The number of hydrogen-bond acceptors (Lipinski definition) is 6. The number of ether oxygens (including phenoxy) is 2. The molecular formula is C37H48ClN3O4. The van der Waals surface area contributed by atoms with Gasteiger partial charge in [0.25, 0.3) is 0 Å². The number of anilines is 1. The summed E-state index contributed by atoms with van der Waals surface area (Å²) in [6, 6.07) is 12.5. The topological polar surface area (TPSA) is 75.1 Å². The molecule has 0 amide bonds. The smallest absolute Gasteiger partial charge is 0.337 e. The van der Waals surface area contributed by atoms with E-state index in [1.807, 2.05) is 52.8 Å². The van der Waals surface area contributed by atoms with Crippen molar-refractivity contribution in [1.29, 1.82) is 0 Å². The summed E-state index contributed by atoms with van der Waals surface area (Å²) in [5.41, 5.74) is 8.50. The summed E-state index contributed by atoms with van der Waals surface area (Å²) in [6.07, 6.45) is 1.83. The van der Waals surface area contributed by atoms with Crippen molar-refractivity contribution >= 4 is 23.3 Å². The molecule has 8 heteroatoms. The van der Waals surface area contributed by atoms with Crippen LogP contribution in [0.1, 0.15) is 87.2 Å². The lowest BCUT2D eigenvalue weighted by molar-refractivity contribution is -0.160. The number of aryl methyl sites for hydroxylation is 2. The van der Waals surface area contributed by atoms with Crippen molar-refractivity contribution in [3.63, 3.8) is 0 Å². The van der Waals surface area contributed by atoms with Crippen LogP contribution in [0.25, 0.3) is 11.1 Å². The Labute approximate surface area is 273 Å². The maximum atomic E-state index is 12.8. The molecule has 7 nitrogen and oxygen atoms in total. The van der Waals surface area contributed by atoms with Gasteiger partial charge in [0.1, 0.15) is 5.75 Å². The van der Waals surface area contributed by atoms with Gasteiger partial charge >= 0.3 is 5.97 Å². The van der Waals surface area contributed by atoms with E-state index in [1.54, 1.807) is 7.11 Å². The number of aromatic nitrogens is 1. The Morgan fingerprint density at radius 3 is 2.42 bits per heavy atom. The highest BCUT2D eigenvalue weighted by molar-refractivity contribution is 6.31. The van der Waals surface area contributed by atoms with Gasteiger partial charge in [-0.25, -0.2) is 4.79 Å². The van der Waals surface area contributed by atoms with E-state index in [0.717, 1.165) is 84.3 Å². The van der Waals surface area contributed by atoms with Crippen molar-refractivity contribution < 1.29 is 19.4 Å². The van der Waals surface area contributed by atoms with Gasteiger partial charge in [-0.15, -0.1) is 0 Å². The number of carboxylic acid groups (broad SMARTS) is 1. The Morgan fingerprint density at radius 2 is 1.78 bits per heavy atom. The average Bonchev–Trinajstić information content (AvgIpc) is 2.96. The molecular weight excluding hydrogens is 586 g/mol. The van der Waals surface area contributed by atoms with Gasteiger partial charge in [-0.2, -0.15) is 0 Å². The molecule has 1 fully saturated rings. The predicted octanol–water partition coefficient (Wildman–Crippen LogP) is 8.15. The molecule has 1 atom stereocenters. The first-order chi connectivity index (χ1) is 21.2. The van der Waals surface area contributed by atoms with Gasteiger partial charge in [0.2, 0.25) is 0 Å². The number of hydrogen-bond donors (Lipinski definition) is 1. The van der Waals surface area contributed by atoms with E-state index in [1.165, 1.54) is 11.1 Å². The fraction of sp³-hybridized carbons (Fsp3) is 0.514. The first kappa shape index (κ1) is 33.2. The van der Waals surface area contributed by atoms with Crippen LogP contribution in [0.4, 0.5) is 5.69 Å². The molecule has 0 spiro atoms. The Balaban J connectivity index is 1.56. The van der Waals surface area contributed by atoms with E-state index < -0.39 is 17.7 Å². The molecule has 1 unspecified atom stereocenters. The van der Waals surface area contributed by atoms with Crippen molar-refractivity contribution in [2.45, 2.75) is 92.5 Å². The van der Waals surface area contributed by atoms with Crippen molar-refractivity contribution in [3.8, 4) is 16.9 Å². The number of carboxylic acids is 1. The third kappa shape index (κ3) is 7.32. The SMILES string of the molecule is COc1cccc(Cl)c1CN1CCc2cc(-c3c(C)nc(C)c(C(OC(C)(C)C)C(=O)O)c3N3CCC(C)(C)CC3)ccc2C1. The average molecular weight is 634 g/mol. The number of fused-ring (bicyclic) bond motifs is 1. The number of carbonyl (C=O) groups is 1. The molecule has 5 rings (SSSR count). The molecule has 2 aliphatic heterocycles. The number of methoxy groups -OCH3 is 1. The predicted molar refractivity (Wildman–Crippen MR) is 181 cm³/mol. The first-order valence-electron chi connectivity index (χ1n) is 16.0. The normalized spacial score (nSPS) is 17.6. The van der Waals surface area contributed by atoms with Crippen LogP contribution in [0.2, 0.25) is 5.02 Å². The lowest BCUT2D eigenvalue weighted by Crippen LogP contribution is -2.39. The van der Waals surface area contributed by atoms with E-state index in [2.05, 4.69) is 41.8 Å². The van der Waals surface area contributed by atoms with Gasteiger partial charge < -0.3 is 19.5 Å². The van der Waals surface area contributed by atoms with Crippen molar-refractivity contribution in [1.82, 2.24) is 9.88 Å². The molecule has 0 aliphatic carbocycles. The summed E-state index contributed by atoms with van der Waals surface area (Å²) < 4.78 is 11.9. The van der Waals surface area contributed by atoms with Crippen LogP contribution < -0.4 is 9.64 Å². The zero-order chi connectivity index (χ0) is 32.7. The number of rotatable bonds is 8. The molecule has 2 aliphatic rings. The van der Waals surface area contributed by atoms with Gasteiger partial charge in [-0.1, -0.05) is 49.7 Å². The van der Waals surface area contributed by atoms with Crippen LogP contribution in [0.3, 0.4) is 0 Å². The van der Waals surface area contributed by atoms with Crippen LogP contribution in [0.15, 0.2) is 36.4 Å². The van der Waals surface area contributed by atoms with E-state index >= 15 is 0 Å². The second-order valence-electron chi connectivity index (χ2n) is 14.4. The molecule has 242 valence electrons. The summed E-state index contributed by atoms with van der Waals surface area (Å²) in [7, 11) is 1.68. The second kappa shape index (κ2) is 12.9. The number of halogens is 1. The molecule has 1 saturated heterocycles. The van der Waals surface area contributed by atoms with Gasteiger partial charge in [-0.05, 0) is 88.1 Å². The highest BCUT2D eigenvalue weighted by Gasteiger charge is 2.36. The van der Waals surface area contributed by atoms with Gasteiger partial charge in [0, 0.05) is 65.8 Å². The number of nitrogens with zero attached hydrogens (tertiary/aromatic N) is 3. The van der Waals surface area contributed by atoms with E-state index in [9.17, 15) is 9.90 Å². The fourth-order valence-electron chi connectivity index (χ4n) is 6.76. The van der Waals surface area contributed by atoms with Gasteiger partial charge in [-0.3, -0.25) is 9.88 Å². The molecule has 0 saturated carbocycles. The summed E-state index contributed by atoms with van der Waals surface area (Å²) in [4.78, 5) is 22.6. The second-order valence-corrected chi connectivity index (χ2v) is 14.8.